The summed E-state index contributed by atoms with van der Waals surface area (Å²) in [5.41, 5.74) is 0. The second kappa shape index (κ2) is 7.09. The molecule has 1 atom stereocenters. The summed E-state index contributed by atoms with van der Waals surface area (Å²) in [6.07, 6.45) is 0.997. The van der Waals surface area contributed by atoms with E-state index in [0.717, 1.165) is 25.9 Å². The van der Waals surface area contributed by atoms with Gasteiger partial charge in [0.2, 0.25) is 0 Å². The third kappa shape index (κ3) is 4.69. The lowest BCUT2D eigenvalue weighted by molar-refractivity contribution is -0.145. The van der Waals surface area contributed by atoms with Crippen molar-refractivity contribution in [3.8, 4) is 0 Å². The highest BCUT2D eigenvalue weighted by Gasteiger charge is 2.28. The fourth-order valence-electron chi connectivity index (χ4n) is 2.17. The third-order valence-corrected chi connectivity index (χ3v) is 3.53. The average molecular weight is 287 g/mol. The highest BCUT2D eigenvalue weighted by Crippen LogP contribution is 2.14. The molecule has 1 saturated heterocycles. The number of carboxylic acids is 2. The van der Waals surface area contributed by atoms with Crippen LogP contribution in [0.3, 0.4) is 0 Å². The van der Waals surface area contributed by atoms with Crippen molar-refractivity contribution in [2.24, 2.45) is 0 Å². The number of piperidine rings is 1. The Morgan fingerprint density at radius 1 is 1.30 bits per heavy atom. The van der Waals surface area contributed by atoms with Crippen LogP contribution in [0.1, 0.15) is 19.3 Å². The average Bonchev–Trinajstić information content (AvgIpc) is 2.37. The summed E-state index contributed by atoms with van der Waals surface area (Å²) < 4.78 is 0. The Labute approximate surface area is 117 Å². The first-order valence-electron chi connectivity index (χ1n) is 6.47. The molecule has 0 aromatic heterocycles. The van der Waals surface area contributed by atoms with Crippen molar-refractivity contribution in [3.05, 3.63) is 0 Å². The van der Waals surface area contributed by atoms with Crippen LogP contribution in [0.2, 0.25) is 0 Å². The zero-order valence-corrected chi connectivity index (χ0v) is 11.7. The molecule has 1 aliphatic heterocycles. The van der Waals surface area contributed by atoms with E-state index in [0.29, 0.717) is 0 Å². The van der Waals surface area contributed by atoms with Crippen molar-refractivity contribution in [2.75, 3.05) is 27.2 Å². The van der Waals surface area contributed by atoms with Gasteiger partial charge in [-0.15, -0.1) is 0 Å². The van der Waals surface area contributed by atoms with E-state index in [9.17, 15) is 14.4 Å². The fraction of sp³-hybridized carbons (Fsp3) is 0.750. The van der Waals surface area contributed by atoms with Gasteiger partial charge in [0.25, 0.3) is 0 Å². The number of nitrogens with one attached hydrogen (secondary N) is 1. The number of amides is 2. The van der Waals surface area contributed by atoms with Crippen LogP contribution in [0.15, 0.2) is 0 Å². The molecule has 0 saturated carbocycles. The van der Waals surface area contributed by atoms with E-state index in [1.54, 1.807) is 7.05 Å². The van der Waals surface area contributed by atoms with E-state index >= 15 is 0 Å². The monoisotopic (exact) mass is 287 g/mol. The zero-order chi connectivity index (χ0) is 15.3. The molecule has 0 aliphatic carbocycles. The molecule has 0 radical (unpaired) electrons. The van der Waals surface area contributed by atoms with Crippen molar-refractivity contribution in [3.63, 3.8) is 0 Å². The van der Waals surface area contributed by atoms with Crippen molar-refractivity contribution < 1.29 is 24.6 Å². The summed E-state index contributed by atoms with van der Waals surface area (Å²) in [6.45, 7) is 1.75. The molecular weight excluding hydrogens is 266 g/mol. The van der Waals surface area contributed by atoms with E-state index in [1.165, 1.54) is 4.90 Å². The Morgan fingerprint density at radius 2 is 1.85 bits per heavy atom. The van der Waals surface area contributed by atoms with Gasteiger partial charge in [-0.1, -0.05) is 0 Å². The first-order chi connectivity index (χ1) is 9.31. The Kier molecular flexibility index (Phi) is 5.75. The van der Waals surface area contributed by atoms with Gasteiger partial charge in [-0.2, -0.15) is 0 Å². The predicted octanol–water partition coefficient (Wildman–Crippen LogP) is -0.350. The molecule has 8 heteroatoms. The van der Waals surface area contributed by atoms with Gasteiger partial charge < -0.3 is 25.3 Å². The summed E-state index contributed by atoms with van der Waals surface area (Å²) in [5, 5.41) is 19.8. The Morgan fingerprint density at radius 3 is 2.30 bits per heavy atom. The summed E-state index contributed by atoms with van der Waals surface area (Å²) in [5.74, 6) is -2.61. The highest BCUT2D eigenvalue weighted by atomic mass is 16.4. The van der Waals surface area contributed by atoms with E-state index < -0.39 is 30.4 Å². The van der Waals surface area contributed by atoms with Gasteiger partial charge in [-0.05, 0) is 33.0 Å². The third-order valence-electron chi connectivity index (χ3n) is 3.53. The van der Waals surface area contributed by atoms with Crippen LogP contribution in [-0.4, -0.2) is 77.3 Å². The Hall–Kier alpha value is -1.83. The summed E-state index contributed by atoms with van der Waals surface area (Å²) in [4.78, 5) is 37.1. The lowest BCUT2D eigenvalue weighted by Gasteiger charge is -2.35. The van der Waals surface area contributed by atoms with Gasteiger partial charge in [0.15, 0.2) is 0 Å². The van der Waals surface area contributed by atoms with Crippen LogP contribution in [0.4, 0.5) is 4.79 Å². The van der Waals surface area contributed by atoms with Gasteiger partial charge in [-0.3, -0.25) is 4.79 Å². The molecule has 1 heterocycles. The van der Waals surface area contributed by atoms with Gasteiger partial charge in [0, 0.05) is 13.1 Å². The maximum atomic E-state index is 12.0. The van der Waals surface area contributed by atoms with Crippen LogP contribution in [-0.2, 0) is 9.59 Å². The molecule has 1 unspecified atom stereocenters. The molecule has 1 aliphatic rings. The van der Waals surface area contributed by atoms with Crippen molar-refractivity contribution in [2.45, 2.75) is 31.3 Å². The van der Waals surface area contributed by atoms with Crippen LogP contribution in [0, 0.1) is 0 Å². The smallest absolute Gasteiger partial charge is 0.326 e. The first-order valence-corrected chi connectivity index (χ1v) is 6.47. The van der Waals surface area contributed by atoms with Crippen LogP contribution in [0.25, 0.3) is 0 Å². The van der Waals surface area contributed by atoms with Gasteiger partial charge in [-0.25, -0.2) is 9.59 Å². The zero-order valence-electron chi connectivity index (χ0n) is 11.7. The second-order valence-electron chi connectivity index (χ2n) is 5.08. The molecular formula is C12H21N3O5. The van der Waals surface area contributed by atoms with E-state index in [-0.39, 0.29) is 6.04 Å². The number of carbonyl (C=O) groups excluding carboxylic acids is 1. The SMILES string of the molecule is CN1CCC(N(C)C(=O)NC(CC(=O)O)C(=O)O)CC1. The number of urea groups is 1. The maximum Gasteiger partial charge on any atom is 0.326 e. The normalized spacial score (nSPS) is 18.3. The first kappa shape index (κ1) is 16.2. The molecule has 0 spiro atoms. The fourth-order valence-corrected chi connectivity index (χ4v) is 2.17. The molecule has 1 fully saturated rings. The Balaban J connectivity index is 2.55. The van der Waals surface area contributed by atoms with Gasteiger partial charge >= 0.3 is 18.0 Å². The van der Waals surface area contributed by atoms with E-state index in [2.05, 4.69) is 10.2 Å². The topological polar surface area (TPSA) is 110 Å². The minimum atomic E-state index is -1.41. The quantitative estimate of drug-likeness (QED) is 0.637. The largest absolute Gasteiger partial charge is 0.481 e. The maximum absolute atomic E-state index is 12.0. The van der Waals surface area contributed by atoms with Crippen molar-refractivity contribution in [1.29, 1.82) is 0 Å². The molecule has 114 valence electrons. The molecule has 20 heavy (non-hydrogen) atoms. The minimum absolute atomic E-state index is 0.0467. The lowest BCUT2D eigenvalue weighted by Crippen LogP contribution is -2.52. The summed E-state index contributed by atoms with van der Waals surface area (Å²) >= 11 is 0. The molecule has 1 rings (SSSR count). The Bertz CT molecular complexity index is 379. The predicted molar refractivity (Wildman–Crippen MR) is 70.5 cm³/mol. The number of carbonyl (C=O) groups is 3. The summed E-state index contributed by atoms with van der Waals surface area (Å²) in [7, 11) is 3.61. The van der Waals surface area contributed by atoms with Crippen molar-refractivity contribution in [1.82, 2.24) is 15.1 Å². The van der Waals surface area contributed by atoms with Gasteiger partial charge in [0.05, 0.1) is 6.42 Å². The number of nitrogens with zero attached hydrogens (tertiary/aromatic N) is 2. The number of hydrogen-bond acceptors (Lipinski definition) is 4. The summed E-state index contributed by atoms with van der Waals surface area (Å²) in [6, 6.07) is -1.91. The standard InChI is InChI=1S/C12H21N3O5/c1-14-5-3-8(4-6-14)15(2)12(20)13-9(11(18)19)7-10(16)17/h8-9H,3-7H2,1-2H3,(H,13,20)(H,16,17)(H,18,19). The van der Waals surface area contributed by atoms with Crippen molar-refractivity contribution >= 4 is 18.0 Å². The number of likely N-dealkylation sites (tertiary alicyclic amines) is 1. The lowest BCUT2D eigenvalue weighted by atomic mass is 10.0. The number of aliphatic carboxylic acids is 2. The van der Waals surface area contributed by atoms with Gasteiger partial charge in [0.1, 0.15) is 6.04 Å². The minimum Gasteiger partial charge on any atom is -0.481 e. The number of carboxylic acid groups (broad SMARTS) is 2. The van der Waals surface area contributed by atoms with E-state index in [1.807, 2.05) is 7.05 Å². The molecule has 2 amide bonds. The van der Waals surface area contributed by atoms with Crippen LogP contribution < -0.4 is 5.32 Å². The van der Waals surface area contributed by atoms with E-state index in [4.69, 9.17) is 10.2 Å². The molecule has 0 aromatic rings. The molecule has 0 bridgehead atoms. The molecule has 3 N–H and O–H groups in total. The number of rotatable bonds is 5. The molecule has 0 aromatic carbocycles. The number of hydrogen-bond donors (Lipinski definition) is 3. The highest BCUT2D eigenvalue weighted by molar-refractivity contribution is 5.86. The second-order valence-corrected chi connectivity index (χ2v) is 5.08. The van der Waals surface area contributed by atoms with Crippen LogP contribution >= 0.6 is 0 Å². The van der Waals surface area contributed by atoms with Crippen LogP contribution in [0.5, 0.6) is 0 Å². The molecule has 8 nitrogen and oxygen atoms in total.